The lowest BCUT2D eigenvalue weighted by Gasteiger charge is -2.28. The van der Waals surface area contributed by atoms with Crippen molar-refractivity contribution in [1.29, 1.82) is 0 Å². The van der Waals surface area contributed by atoms with Crippen LogP contribution in [0.5, 0.6) is 5.75 Å². The summed E-state index contributed by atoms with van der Waals surface area (Å²) in [6, 6.07) is 7.48. The summed E-state index contributed by atoms with van der Waals surface area (Å²) in [5.74, 6) is -7.45. The molecular weight excluding hydrogens is 586 g/mol. The maximum Gasteiger partial charge on any atom is 0.419 e. The lowest BCUT2D eigenvalue weighted by Crippen LogP contribution is -2.36. The van der Waals surface area contributed by atoms with Crippen molar-refractivity contribution in [3.05, 3.63) is 94.3 Å². The van der Waals surface area contributed by atoms with E-state index in [-0.39, 0.29) is 31.6 Å². The fourth-order valence-electron chi connectivity index (χ4n) is 3.99. The van der Waals surface area contributed by atoms with Crippen molar-refractivity contribution >= 4 is 16.1 Å². The molecular formula is C27H23F8NO4S. The number of nitrogens with zero attached hydrogens (tertiary/aromatic N) is 1. The van der Waals surface area contributed by atoms with Crippen LogP contribution in [0.3, 0.4) is 0 Å². The van der Waals surface area contributed by atoms with E-state index >= 15 is 8.78 Å². The molecule has 0 aromatic heterocycles. The van der Waals surface area contributed by atoms with Crippen LogP contribution in [0.25, 0.3) is 0 Å². The molecule has 0 spiro atoms. The van der Waals surface area contributed by atoms with Crippen molar-refractivity contribution < 1.29 is 53.1 Å². The largest absolute Gasteiger partial charge is 0.493 e. The predicted octanol–water partition coefficient (Wildman–Crippen LogP) is 6.40. The lowest BCUT2D eigenvalue weighted by atomic mass is 10.1. The zero-order chi connectivity index (χ0) is 30.6. The molecule has 3 aromatic rings. The maximum atomic E-state index is 15.1. The average Bonchev–Trinajstić information content (AvgIpc) is 2.86. The topological polar surface area (TPSA) is 63.7 Å². The first-order valence-electron chi connectivity index (χ1n) is 11.9. The third kappa shape index (κ3) is 8.26. The molecule has 0 amide bonds. The van der Waals surface area contributed by atoms with Crippen LogP contribution in [-0.2, 0) is 28.5 Å². The molecule has 41 heavy (non-hydrogen) atoms. The van der Waals surface area contributed by atoms with E-state index in [0.29, 0.717) is 6.07 Å². The van der Waals surface area contributed by atoms with Crippen molar-refractivity contribution in [1.82, 2.24) is 4.90 Å². The van der Waals surface area contributed by atoms with Crippen LogP contribution in [0.15, 0.2) is 59.5 Å². The third-order valence-electron chi connectivity index (χ3n) is 5.94. The molecule has 0 fully saturated rings. The number of carbonyl (C=O) groups excluding carboxylic acids is 1. The number of halogens is 8. The predicted molar refractivity (Wildman–Crippen MR) is 132 cm³/mol. The van der Waals surface area contributed by atoms with Gasteiger partial charge in [-0.15, -0.1) is 0 Å². The number of carbonyl (C=O) groups is 1. The van der Waals surface area contributed by atoms with Crippen LogP contribution in [0.4, 0.5) is 35.1 Å². The highest BCUT2D eigenvalue weighted by atomic mass is 32.2. The van der Waals surface area contributed by atoms with E-state index in [1.165, 1.54) is 0 Å². The highest BCUT2D eigenvalue weighted by molar-refractivity contribution is 7.90. The number of hydrogen-bond donors (Lipinski definition) is 0. The standard InChI is InChI=1S/C27H23F8NO4S/c1-41(38,39)24-13-20(12-23(29)21(24)15-37)40-11-3-10-36(16-26(31,32)18-6-8-19(28)9-7-18)14-17-4-2-5-22(25(17)30)27(33,34)35/h2,4-9,12-13,15H,3,10-11,14,16H2,1H3. The number of hydrogen-bond acceptors (Lipinski definition) is 5. The number of aldehydes is 1. The zero-order valence-electron chi connectivity index (χ0n) is 21.3. The molecule has 5 nitrogen and oxygen atoms in total. The second-order valence-corrected chi connectivity index (χ2v) is 11.1. The number of ether oxygens (including phenoxy) is 1. The molecule has 3 rings (SSSR count). The summed E-state index contributed by atoms with van der Waals surface area (Å²) in [6.45, 7) is -2.32. The molecule has 0 N–H and O–H groups in total. The first-order chi connectivity index (χ1) is 19.0. The monoisotopic (exact) mass is 609 g/mol. The first-order valence-corrected chi connectivity index (χ1v) is 13.7. The van der Waals surface area contributed by atoms with E-state index in [0.717, 1.165) is 59.7 Å². The minimum absolute atomic E-state index is 0.0293. The molecule has 3 aromatic carbocycles. The van der Waals surface area contributed by atoms with Gasteiger partial charge in [-0.05, 0) is 30.7 Å². The Morgan fingerprint density at radius 1 is 0.951 bits per heavy atom. The van der Waals surface area contributed by atoms with Crippen molar-refractivity contribution in [3.8, 4) is 5.75 Å². The van der Waals surface area contributed by atoms with Crippen LogP contribution >= 0.6 is 0 Å². The minimum atomic E-state index is -5.02. The molecule has 0 radical (unpaired) electrons. The Labute approximate surface area is 230 Å². The van der Waals surface area contributed by atoms with Gasteiger partial charge in [-0.1, -0.05) is 24.3 Å². The highest BCUT2D eigenvalue weighted by Gasteiger charge is 2.37. The molecule has 0 aliphatic heterocycles. The molecule has 0 heterocycles. The molecule has 0 saturated carbocycles. The Balaban J connectivity index is 1.81. The molecule has 0 unspecified atom stereocenters. The Hall–Kier alpha value is -3.52. The first kappa shape index (κ1) is 32.0. The summed E-state index contributed by atoms with van der Waals surface area (Å²) in [7, 11) is -4.02. The summed E-state index contributed by atoms with van der Waals surface area (Å²) in [4.78, 5) is 11.5. The molecule has 0 aliphatic rings. The number of alkyl halides is 5. The molecule has 0 saturated heterocycles. The van der Waals surface area contributed by atoms with Gasteiger partial charge in [0.2, 0.25) is 0 Å². The average molecular weight is 610 g/mol. The molecule has 222 valence electrons. The van der Waals surface area contributed by atoms with Gasteiger partial charge in [0, 0.05) is 36.5 Å². The molecule has 0 bridgehead atoms. The SMILES string of the molecule is CS(=O)(=O)c1cc(OCCCN(Cc2cccc(C(F)(F)F)c2F)CC(F)(F)c2ccc(F)cc2)cc(F)c1C=O. The van der Waals surface area contributed by atoms with Gasteiger partial charge in [-0.25, -0.2) is 21.6 Å². The number of benzene rings is 3. The maximum absolute atomic E-state index is 15.1. The summed E-state index contributed by atoms with van der Waals surface area (Å²) in [5, 5.41) is 0. The second-order valence-electron chi connectivity index (χ2n) is 9.11. The molecule has 0 atom stereocenters. The van der Waals surface area contributed by atoms with E-state index in [1.54, 1.807) is 0 Å². The van der Waals surface area contributed by atoms with Crippen LogP contribution in [0.1, 0.15) is 33.5 Å². The van der Waals surface area contributed by atoms with Crippen molar-refractivity contribution in [2.75, 3.05) is 26.0 Å². The smallest absolute Gasteiger partial charge is 0.419 e. The fraction of sp³-hybridized carbons (Fsp3) is 0.296. The van der Waals surface area contributed by atoms with Gasteiger partial charge in [0.1, 0.15) is 23.2 Å². The second kappa shape index (κ2) is 12.6. The van der Waals surface area contributed by atoms with Gasteiger partial charge in [0.25, 0.3) is 5.92 Å². The van der Waals surface area contributed by atoms with E-state index in [9.17, 15) is 39.6 Å². The van der Waals surface area contributed by atoms with Gasteiger partial charge in [-0.2, -0.15) is 22.0 Å². The van der Waals surface area contributed by atoms with Gasteiger partial charge in [-0.3, -0.25) is 9.69 Å². The summed E-state index contributed by atoms with van der Waals surface area (Å²) in [5.41, 5.74) is -3.34. The third-order valence-corrected chi connectivity index (χ3v) is 7.07. The summed E-state index contributed by atoms with van der Waals surface area (Å²) in [6.07, 6.45) is -4.33. The van der Waals surface area contributed by atoms with Crippen LogP contribution in [-0.4, -0.2) is 45.6 Å². The highest BCUT2D eigenvalue weighted by Crippen LogP contribution is 2.34. The van der Waals surface area contributed by atoms with Gasteiger partial charge >= 0.3 is 6.18 Å². The van der Waals surface area contributed by atoms with Crippen LogP contribution in [0.2, 0.25) is 0 Å². The molecule has 0 aliphatic carbocycles. The van der Waals surface area contributed by atoms with E-state index in [1.807, 2.05) is 0 Å². The Morgan fingerprint density at radius 3 is 2.20 bits per heavy atom. The van der Waals surface area contributed by atoms with E-state index in [2.05, 4.69) is 0 Å². The quantitative estimate of drug-likeness (QED) is 0.135. The lowest BCUT2D eigenvalue weighted by molar-refractivity contribution is -0.140. The minimum Gasteiger partial charge on any atom is -0.493 e. The van der Waals surface area contributed by atoms with Crippen LogP contribution in [0, 0.1) is 17.5 Å². The zero-order valence-corrected chi connectivity index (χ0v) is 22.1. The van der Waals surface area contributed by atoms with Crippen molar-refractivity contribution in [3.63, 3.8) is 0 Å². The summed E-state index contributed by atoms with van der Waals surface area (Å²) >= 11 is 0. The van der Waals surface area contributed by atoms with Gasteiger partial charge < -0.3 is 4.74 Å². The Bertz CT molecular complexity index is 1490. The van der Waals surface area contributed by atoms with E-state index in [4.69, 9.17) is 4.74 Å². The van der Waals surface area contributed by atoms with Crippen molar-refractivity contribution in [2.45, 2.75) is 30.0 Å². The Kier molecular flexibility index (Phi) is 9.80. The fourth-order valence-corrected chi connectivity index (χ4v) is 4.87. The molecule has 14 heteroatoms. The normalized spacial score (nSPS) is 12.5. The summed E-state index contributed by atoms with van der Waals surface area (Å²) < 4.78 is 141. The van der Waals surface area contributed by atoms with Crippen molar-refractivity contribution in [2.24, 2.45) is 0 Å². The Morgan fingerprint density at radius 2 is 1.61 bits per heavy atom. The van der Waals surface area contributed by atoms with Gasteiger partial charge in [0.05, 0.1) is 29.2 Å². The van der Waals surface area contributed by atoms with Gasteiger partial charge in [0.15, 0.2) is 16.1 Å². The van der Waals surface area contributed by atoms with E-state index < -0.39 is 79.6 Å². The number of rotatable bonds is 12. The van der Waals surface area contributed by atoms with Crippen LogP contribution < -0.4 is 4.74 Å². The number of sulfone groups is 1.